The third kappa shape index (κ3) is 2.32. The van der Waals surface area contributed by atoms with Gasteiger partial charge in [0.1, 0.15) is 0 Å². The van der Waals surface area contributed by atoms with Crippen LogP contribution in [0, 0.1) is 10.1 Å². The lowest BCUT2D eigenvalue weighted by Crippen LogP contribution is -2.12. The van der Waals surface area contributed by atoms with Gasteiger partial charge in [-0.25, -0.2) is 0 Å². The molecule has 1 aromatic heterocycles. The molecule has 1 unspecified atom stereocenters. The summed E-state index contributed by atoms with van der Waals surface area (Å²) in [5.74, 6) is 0. The maximum atomic E-state index is 10.8. The van der Waals surface area contributed by atoms with Crippen LogP contribution in [0.1, 0.15) is 35.8 Å². The first kappa shape index (κ1) is 12.9. The molecule has 5 nitrogen and oxygen atoms in total. The number of nitro groups is 1. The second kappa shape index (κ2) is 5.09. The van der Waals surface area contributed by atoms with Gasteiger partial charge in [0.15, 0.2) is 0 Å². The zero-order valence-corrected chi connectivity index (χ0v) is 11.0. The Hall–Kier alpha value is -2.14. The van der Waals surface area contributed by atoms with Crippen LogP contribution >= 0.6 is 0 Å². The number of aromatic nitrogens is 1. The molecule has 0 radical (unpaired) electrons. The average Bonchev–Trinajstić information content (AvgIpc) is 2.84. The zero-order valence-electron chi connectivity index (χ0n) is 11.0. The molecule has 104 valence electrons. The molecule has 0 saturated carbocycles. The SMILES string of the molecule is O=[N+]([O-])c1cccc(Cn2ccc3c2CCCC3O)c1. The van der Waals surface area contributed by atoms with Crippen molar-refractivity contribution in [2.75, 3.05) is 0 Å². The maximum Gasteiger partial charge on any atom is 0.269 e. The van der Waals surface area contributed by atoms with Crippen molar-refractivity contribution in [1.82, 2.24) is 4.57 Å². The number of nitrogens with zero attached hydrogens (tertiary/aromatic N) is 2. The summed E-state index contributed by atoms with van der Waals surface area (Å²) in [6.45, 7) is 0.601. The largest absolute Gasteiger partial charge is 0.388 e. The van der Waals surface area contributed by atoms with Crippen molar-refractivity contribution < 1.29 is 10.0 Å². The van der Waals surface area contributed by atoms with Crippen molar-refractivity contribution in [3.05, 3.63) is 63.5 Å². The van der Waals surface area contributed by atoms with Crippen LogP contribution < -0.4 is 0 Å². The second-order valence-corrected chi connectivity index (χ2v) is 5.18. The second-order valence-electron chi connectivity index (χ2n) is 5.18. The number of rotatable bonds is 3. The smallest absolute Gasteiger partial charge is 0.269 e. The summed E-state index contributed by atoms with van der Waals surface area (Å²) < 4.78 is 2.08. The highest BCUT2D eigenvalue weighted by molar-refractivity contribution is 5.35. The van der Waals surface area contributed by atoms with Crippen LogP contribution in [0.5, 0.6) is 0 Å². The van der Waals surface area contributed by atoms with Crippen molar-refractivity contribution in [3.63, 3.8) is 0 Å². The predicted octanol–water partition coefficient (Wildman–Crippen LogP) is 2.81. The van der Waals surface area contributed by atoms with Crippen LogP contribution in [0.2, 0.25) is 0 Å². The van der Waals surface area contributed by atoms with E-state index in [0.29, 0.717) is 6.54 Å². The fourth-order valence-electron chi connectivity index (χ4n) is 2.85. The first-order chi connectivity index (χ1) is 9.65. The Balaban J connectivity index is 1.88. The highest BCUT2D eigenvalue weighted by Crippen LogP contribution is 2.30. The van der Waals surface area contributed by atoms with E-state index in [0.717, 1.165) is 36.1 Å². The van der Waals surface area contributed by atoms with Gasteiger partial charge < -0.3 is 9.67 Å². The standard InChI is InChI=1S/C15H16N2O3/c18-15-6-2-5-14-13(15)7-8-16(14)10-11-3-1-4-12(9-11)17(19)20/h1,3-4,7-9,15,18H,2,5-6,10H2. The van der Waals surface area contributed by atoms with E-state index in [4.69, 9.17) is 0 Å². The molecule has 1 aliphatic rings. The van der Waals surface area contributed by atoms with Gasteiger partial charge in [0.05, 0.1) is 11.0 Å². The van der Waals surface area contributed by atoms with Crippen molar-refractivity contribution in [2.24, 2.45) is 0 Å². The molecular formula is C15H16N2O3. The van der Waals surface area contributed by atoms with E-state index in [1.807, 2.05) is 18.3 Å². The number of hydrogen-bond donors (Lipinski definition) is 1. The minimum Gasteiger partial charge on any atom is -0.388 e. The van der Waals surface area contributed by atoms with Crippen LogP contribution in [-0.4, -0.2) is 14.6 Å². The number of hydrogen-bond acceptors (Lipinski definition) is 3. The average molecular weight is 272 g/mol. The third-order valence-corrected chi connectivity index (χ3v) is 3.84. The monoisotopic (exact) mass is 272 g/mol. The van der Waals surface area contributed by atoms with Gasteiger partial charge in [0, 0.05) is 36.1 Å². The van der Waals surface area contributed by atoms with Gasteiger partial charge in [-0.15, -0.1) is 0 Å². The molecule has 1 heterocycles. The van der Waals surface area contributed by atoms with Crippen molar-refractivity contribution in [2.45, 2.75) is 31.9 Å². The van der Waals surface area contributed by atoms with E-state index < -0.39 is 0 Å². The number of benzene rings is 1. The van der Waals surface area contributed by atoms with Gasteiger partial charge in [-0.1, -0.05) is 12.1 Å². The molecule has 2 aromatic rings. The van der Waals surface area contributed by atoms with Gasteiger partial charge in [-0.3, -0.25) is 10.1 Å². The summed E-state index contributed by atoms with van der Waals surface area (Å²) in [6, 6.07) is 8.65. The summed E-state index contributed by atoms with van der Waals surface area (Å²) >= 11 is 0. The molecule has 0 spiro atoms. The third-order valence-electron chi connectivity index (χ3n) is 3.84. The number of fused-ring (bicyclic) bond motifs is 1. The van der Waals surface area contributed by atoms with Gasteiger partial charge in [0.2, 0.25) is 0 Å². The highest BCUT2D eigenvalue weighted by Gasteiger charge is 2.21. The van der Waals surface area contributed by atoms with Crippen LogP contribution in [0.15, 0.2) is 36.5 Å². The van der Waals surface area contributed by atoms with E-state index in [-0.39, 0.29) is 16.7 Å². The molecule has 0 saturated heterocycles. The fraction of sp³-hybridized carbons (Fsp3) is 0.333. The Kier molecular flexibility index (Phi) is 3.28. The molecule has 1 atom stereocenters. The maximum absolute atomic E-state index is 10.8. The number of nitro benzene ring substituents is 1. The van der Waals surface area contributed by atoms with E-state index >= 15 is 0 Å². The lowest BCUT2D eigenvalue weighted by molar-refractivity contribution is -0.384. The topological polar surface area (TPSA) is 68.3 Å². The molecule has 1 N–H and O–H groups in total. The van der Waals surface area contributed by atoms with E-state index in [9.17, 15) is 15.2 Å². The molecule has 0 fully saturated rings. The van der Waals surface area contributed by atoms with Crippen LogP contribution in [-0.2, 0) is 13.0 Å². The van der Waals surface area contributed by atoms with E-state index in [1.165, 1.54) is 6.07 Å². The van der Waals surface area contributed by atoms with Crippen LogP contribution in [0.4, 0.5) is 5.69 Å². The lowest BCUT2D eigenvalue weighted by Gasteiger charge is -2.20. The Morgan fingerprint density at radius 1 is 1.40 bits per heavy atom. The molecular weight excluding hydrogens is 256 g/mol. The molecule has 0 bridgehead atoms. The van der Waals surface area contributed by atoms with Gasteiger partial charge in [-0.2, -0.15) is 0 Å². The van der Waals surface area contributed by atoms with E-state index in [2.05, 4.69) is 4.57 Å². The van der Waals surface area contributed by atoms with Gasteiger partial charge >= 0.3 is 0 Å². The summed E-state index contributed by atoms with van der Waals surface area (Å²) in [7, 11) is 0. The molecule has 3 rings (SSSR count). The summed E-state index contributed by atoms with van der Waals surface area (Å²) in [6.07, 6.45) is 4.33. The predicted molar refractivity (Wildman–Crippen MR) is 74.5 cm³/mol. The van der Waals surface area contributed by atoms with Crippen molar-refractivity contribution in [1.29, 1.82) is 0 Å². The molecule has 0 aliphatic heterocycles. The van der Waals surface area contributed by atoms with E-state index in [1.54, 1.807) is 12.1 Å². The van der Waals surface area contributed by atoms with Crippen molar-refractivity contribution >= 4 is 5.69 Å². The number of aliphatic hydroxyl groups excluding tert-OH is 1. The Morgan fingerprint density at radius 2 is 2.25 bits per heavy atom. The first-order valence-electron chi connectivity index (χ1n) is 6.74. The summed E-state index contributed by atoms with van der Waals surface area (Å²) in [4.78, 5) is 10.4. The molecule has 1 aliphatic carbocycles. The molecule has 1 aromatic carbocycles. The first-order valence-corrected chi connectivity index (χ1v) is 6.74. The molecule has 5 heteroatoms. The number of aliphatic hydroxyl groups is 1. The van der Waals surface area contributed by atoms with Gasteiger partial charge in [0.25, 0.3) is 5.69 Å². The van der Waals surface area contributed by atoms with Crippen LogP contribution in [0.3, 0.4) is 0 Å². The van der Waals surface area contributed by atoms with Gasteiger partial charge in [-0.05, 0) is 30.9 Å². The quantitative estimate of drug-likeness (QED) is 0.690. The minimum absolute atomic E-state index is 0.114. The Morgan fingerprint density at radius 3 is 3.05 bits per heavy atom. The summed E-state index contributed by atoms with van der Waals surface area (Å²) in [5, 5.41) is 20.8. The minimum atomic E-state index is -0.377. The Labute approximate surface area is 116 Å². The summed E-state index contributed by atoms with van der Waals surface area (Å²) in [5.41, 5.74) is 3.16. The molecule has 20 heavy (non-hydrogen) atoms. The van der Waals surface area contributed by atoms with Crippen molar-refractivity contribution in [3.8, 4) is 0 Å². The Bertz CT molecular complexity index is 648. The fourth-order valence-corrected chi connectivity index (χ4v) is 2.85. The zero-order chi connectivity index (χ0) is 14.1. The lowest BCUT2D eigenvalue weighted by atomic mass is 9.95. The van der Waals surface area contributed by atoms with Crippen LogP contribution in [0.25, 0.3) is 0 Å². The highest BCUT2D eigenvalue weighted by atomic mass is 16.6. The molecule has 0 amide bonds. The normalized spacial score (nSPS) is 17.8. The number of non-ortho nitro benzene ring substituents is 1.